The zero-order valence-corrected chi connectivity index (χ0v) is 10.6. The van der Waals surface area contributed by atoms with Gasteiger partial charge in [-0.1, -0.05) is 13.2 Å². The second-order valence-corrected chi connectivity index (χ2v) is 4.74. The SMILES string of the molecule is C=C(C)C(=O)OCP(=O)(O)O.C=C(C)C(N)=O. The smallest absolute Gasteiger partial charge is 0.362 e. The molecule has 0 fully saturated rings. The number of ether oxygens (including phenoxy) is 1. The first-order chi connectivity index (χ1) is 7.47. The fraction of sp³-hybridized carbons (Fsp3) is 0.333. The van der Waals surface area contributed by atoms with Gasteiger partial charge in [0.15, 0.2) is 6.35 Å². The third-order valence-electron chi connectivity index (χ3n) is 1.13. The molecule has 0 aromatic heterocycles. The molecular formula is C9H16NO6P. The molecule has 7 nitrogen and oxygen atoms in total. The van der Waals surface area contributed by atoms with Crippen molar-refractivity contribution in [3.8, 4) is 0 Å². The molecule has 0 spiro atoms. The van der Waals surface area contributed by atoms with Gasteiger partial charge in [-0.3, -0.25) is 9.36 Å². The van der Waals surface area contributed by atoms with Gasteiger partial charge in [-0.2, -0.15) is 0 Å². The summed E-state index contributed by atoms with van der Waals surface area (Å²) < 4.78 is 14.3. The Morgan fingerprint density at radius 2 is 1.59 bits per heavy atom. The lowest BCUT2D eigenvalue weighted by Gasteiger charge is -2.04. The molecule has 0 aromatic carbocycles. The van der Waals surface area contributed by atoms with Crippen molar-refractivity contribution in [2.75, 3.05) is 6.35 Å². The number of hydrogen-bond acceptors (Lipinski definition) is 4. The first-order valence-electron chi connectivity index (χ1n) is 4.30. The van der Waals surface area contributed by atoms with E-state index in [1.54, 1.807) is 6.92 Å². The van der Waals surface area contributed by atoms with Crippen LogP contribution < -0.4 is 5.73 Å². The molecular weight excluding hydrogens is 249 g/mol. The number of esters is 1. The minimum atomic E-state index is -4.24. The molecule has 0 radical (unpaired) electrons. The Balaban J connectivity index is 0. The van der Waals surface area contributed by atoms with Gasteiger partial charge in [0.1, 0.15) is 0 Å². The largest absolute Gasteiger partial charge is 0.449 e. The van der Waals surface area contributed by atoms with Gasteiger partial charge in [-0.25, -0.2) is 4.79 Å². The van der Waals surface area contributed by atoms with Gasteiger partial charge in [0.05, 0.1) is 0 Å². The van der Waals surface area contributed by atoms with Crippen LogP contribution in [0.25, 0.3) is 0 Å². The molecule has 0 atom stereocenters. The van der Waals surface area contributed by atoms with Crippen molar-refractivity contribution in [1.82, 2.24) is 0 Å². The molecule has 0 aliphatic heterocycles. The van der Waals surface area contributed by atoms with Crippen LogP contribution in [0.3, 0.4) is 0 Å². The monoisotopic (exact) mass is 265 g/mol. The number of hydrogen-bond donors (Lipinski definition) is 3. The number of carbonyl (C=O) groups excluding carboxylic acids is 2. The Bertz CT molecular complexity index is 358. The highest BCUT2D eigenvalue weighted by Crippen LogP contribution is 2.33. The van der Waals surface area contributed by atoms with Crippen LogP contribution in [0.2, 0.25) is 0 Å². The van der Waals surface area contributed by atoms with Crippen molar-refractivity contribution in [1.29, 1.82) is 0 Å². The van der Waals surface area contributed by atoms with Crippen LogP contribution in [0.5, 0.6) is 0 Å². The topological polar surface area (TPSA) is 127 Å². The van der Waals surface area contributed by atoms with Crippen molar-refractivity contribution in [2.24, 2.45) is 5.73 Å². The van der Waals surface area contributed by atoms with Crippen molar-refractivity contribution in [2.45, 2.75) is 13.8 Å². The molecule has 0 aliphatic carbocycles. The molecule has 0 saturated carbocycles. The zero-order valence-electron chi connectivity index (χ0n) is 9.67. The maximum atomic E-state index is 10.5. The predicted molar refractivity (Wildman–Crippen MR) is 61.8 cm³/mol. The highest BCUT2D eigenvalue weighted by Gasteiger charge is 2.16. The summed E-state index contributed by atoms with van der Waals surface area (Å²) >= 11 is 0. The highest BCUT2D eigenvalue weighted by molar-refractivity contribution is 7.51. The van der Waals surface area contributed by atoms with E-state index in [1.807, 2.05) is 0 Å². The third-order valence-corrected chi connectivity index (χ3v) is 1.60. The number of primary amides is 1. The minimum absolute atomic E-state index is 0.110. The Hall–Kier alpha value is -1.43. The van der Waals surface area contributed by atoms with Crippen LogP contribution >= 0.6 is 7.60 Å². The van der Waals surface area contributed by atoms with E-state index in [0.29, 0.717) is 5.57 Å². The van der Waals surface area contributed by atoms with Crippen molar-refractivity contribution >= 4 is 19.5 Å². The van der Waals surface area contributed by atoms with E-state index in [-0.39, 0.29) is 5.57 Å². The Labute approximate surface area is 99.1 Å². The van der Waals surface area contributed by atoms with E-state index in [1.165, 1.54) is 6.92 Å². The summed E-state index contributed by atoms with van der Waals surface area (Å²) in [6.07, 6.45) is -0.890. The molecule has 4 N–H and O–H groups in total. The van der Waals surface area contributed by atoms with Gasteiger partial charge < -0.3 is 20.3 Å². The average Bonchev–Trinajstić information content (AvgIpc) is 2.13. The maximum Gasteiger partial charge on any atom is 0.362 e. The zero-order chi connectivity index (χ0) is 14.2. The minimum Gasteiger partial charge on any atom is -0.449 e. The molecule has 8 heteroatoms. The molecule has 0 unspecified atom stereocenters. The van der Waals surface area contributed by atoms with E-state index in [2.05, 4.69) is 17.9 Å². The van der Waals surface area contributed by atoms with Crippen molar-refractivity contribution in [3.63, 3.8) is 0 Å². The fourth-order valence-corrected chi connectivity index (χ4v) is 0.551. The molecule has 1 amide bonds. The highest BCUT2D eigenvalue weighted by atomic mass is 31.2. The van der Waals surface area contributed by atoms with Gasteiger partial charge in [-0.15, -0.1) is 0 Å². The Kier molecular flexibility index (Phi) is 8.21. The second-order valence-electron chi connectivity index (χ2n) is 3.15. The molecule has 0 bridgehead atoms. The molecule has 0 aliphatic rings. The van der Waals surface area contributed by atoms with Crippen LogP contribution in [-0.4, -0.2) is 28.0 Å². The maximum absolute atomic E-state index is 10.5. The second kappa shape index (κ2) is 7.78. The van der Waals surface area contributed by atoms with Crippen molar-refractivity contribution in [3.05, 3.63) is 24.3 Å². The average molecular weight is 265 g/mol. The summed E-state index contributed by atoms with van der Waals surface area (Å²) in [5, 5.41) is 0. The van der Waals surface area contributed by atoms with E-state index < -0.39 is 25.8 Å². The van der Waals surface area contributed by atoms with Gasteiger partial charge in [0.25, 0.3) is 0 Å². The van der Waals surface area contributed by atoms with E-state index in [4.69, 9.17) is 15.5 Å². The van der Waals surface area contributed by atoms with Gasteiger partial charge in [0.2, 0.25) is 5.91 Å². The van der Waals surface area contributed by atoms with Crippen LogP contribution in [0.4, 0.5) is 0 Å². The molecule has 17 heavy (non-hydrogen) atoms. The number of carbonyl (C=O) groups is 2. The fourth-order valence-electron chi connectivity index (χ4n) is 0.266. The summed E-state index contributed by atoms with van der Waals surface area (Å²) in [5.74, 6) is -1.23. The lowest BCUT2D eigenvalue weighted by Crippen LogP contribution is -2.10. The van der Waals surface area contributed by atoms with Gasteiger partial charge >= 0.3 is 13.6 Å². The van der Waals surface area contributed by atoms with E-state index in [0.717, 1.165) is 0 Å². The Morgan fingerprint density at radius 3 is 1.76 bits per heavy atom. The summed E-state index contributed by atoms with van der Waals surface area (Å²) in [6, 6.07) is 0. The normalized spacial score (nSPS) is 9.65. The predicted octanol–water partition coefficient (Wildman–Crippen LogP) is 0.289. The lowest BCUT2D eigenvalue weighted by molar-refractivity contribution is -0.137. The standard InChI is InChI=1S/C5H9O5P.C4H7NO/c1-4(2)5(6)10-3-11(7,8)9;1-3(2)4(5)6/h1,3H2,2H3,(H2,7,8,9);1H2,2H3,(H2,5,6). The van der Waals surface area contributed by atoms with Gasteiger partial charge in [0, 0.05) is 11.1 Å². The number of nitrogens with two attached hydrogens (primary N) is 1. The first-order valence-corrected chi connectivity index (χ1v) is 6.09. The van der Waals surface area contributed by atoms with Crippen LogP contribution in [0.15, 0.2) is 24.3 Å². The summed E-state index contributed by atoms with van der Waals surface area (Å²) in [7, 11) is -4.24. The lowest BCUT2D eigenvalue weighted by atomic mass is 10.3. The molecule has 98 valence electrons. The summed E-state index contributed by atoms with van der Waals surface area (Å²) in [4.78, 5) is 36.9. The van der Waals surface area contributed by atoms with Crippen molar-refractivity contribution < 1.29 is 28.7 Å². The molecule has 0 aromatic rings. The van der Waals surface area contributed by atoms with Crippen LogP contribution in [-0.2, 0) is 18.9 Å². The third kappa shape index (κ3) is 14.6. The van der Waals surface area contributed by atoms with E-state index >= 15 is 0 Å². The first kappa shape index (κ1) is 17.9. The number of amides is 1. The van der Waals surface area contributed by atoms with E-state index in [9.17, 15) is 14.2 Å². The summed E-state index contributed by atoms with van der Waals surface area (Å²) in [5.41, 5.74) is 5.20. The van der Waals surface area contributed by atoms with Crippen LogP contribution in [0.1, 0.15) is 13.8 Å². The van der Waals surface area contributed by atoms with Gasteiger partial charge in [-0.05, 0) is 13.8 Å². The molecule has 0 rings (SSSR count). The Morgan fingerprint density at radius 1 is 1.24 bits per heavy atom. The quantitative estimate of drug-likeness (QED) is 0.381. The number of rotatable bonds is 4. The van der Waals surface area contributed by atoms with Crippen LogP contribution in [0, 0.1) is 0 Å². The summed E-state index contributed by atoms with van der Waals surface area (Å²) in [6.45, 7) is 9.47. The molecule has 0 saturated heterocycles. The molecule has 0 heterocycles.